The molecular formula is C17H15N3O2. The van der Waals surface area contributed by atoms with Crippen LogP contribution in [0.2, 0.25) is 0 Å². The Kier molecular flexibility index (Phi) is 3.62. The molecule has 5 heteroatoms. The van der Waals surface area contributed by atoms with Crippen LogP contribution in [-0.2, 0) is 0 Å². The van der Waals surface area contributed by atoms with Gasteiger partial charge in [0.2, 0.25) is 0 Å². The van der Waals surface area contributed by atoms with Crippen LogP contribution in [0.4, 0.5) is 5.82 Å². The van der Waals surface area contributed by atoms with Crippen molar-refractivity contribution in [3.05, 3.63) is 60.3 Å². The van der Waals surface area contributed by atoms with E-state index in [0.29, 0.717) is 22.7 Å². The number of aromatic nitrogens is 2. The SMILES string of the molecule is COc1ccccc1-n1ncc(-c2ccccc2C=O)c1N. The lowest BCUT2D eigenvalue weighted by Gasteiger charge is -2.10. The number of aldehydes is 1. The molecule has 1 heterocycles. The van der Waals surface area contributed by atoms with Gasteiger partial charge in [-0.05, 0) is 17.7 Å². The molecule has 0 spiro atoms. The first-order valence-electron chi connectivity index (χ1n) is 6.77. The molecule has 3 aromatic rings. The first-order valence-corrected chi connectivity index (χ1v) is 6.77. The van der Waals surface area contributed by atoms with E-state index in [9.17, 15) is 4.79 Å². The molecule has 22 heavy (non-hydrogen) atoms. The van der Waals surface area contributed by atoms with Crippen molar-refractivity contribution in [1.82, 2.24) is 9.78 Å². The fraction of sp³-hybridized carbons (Fsp3) is 0.0588. The van der Waals surface area contributed by atoms with E-state index in [1.165, 1.54) is 0 Å². The van der Waals surface area contributed by atoms with E-state index in [2.05, 4.69) is 5.10 Å². The second-order valence-electron chi connectivity index (χ2n) is 4.73. The standard InChI is InChI=1S/C17H15N3O2/c1-22-16-9-5-4-8-15(16)20-17(18)14(10-19-20)13-7-3-2-6-12(13)11-21/h2-11H,18H2,1H3. The molecule has 0 aliphatic rings. The molecule has 0 bridgehead atoms. The number of carbonyl (C=O) groups excluding carboxylic acids is 1. The van der Waals surface area contributed by atoms with Crippen molar-refractivity contribution < 1.29 is 9.53 Å². The van der Waals surface area contributed by atoms with Crippen molar-refractivity contribution >= 4 is 12.1 Å². The Morgan fingerprint density at radius 2 is 1.82 bits per heavy atom. The van der Waals surface area contributed by atoms with Gasteiger partial charge in [-0.3, -0.25) is 4.79 Å². The molecule has 2 N–H and O–H groups in total. The van der Waals surface area contributed by atoms with Crippen LogP contribution in [-0.4, -0.2) is 23.2 Å². The Bertz CT molecular complexity index is 824. The smallest absolute Gasteiger partial charge is 0.150 e. The zero-order valence-electron chi connectivity index (χ0n) is 12.1. The summed E-state index contributed by atoms with van der Waals surface area (Å²) in [5, 5.41) is 4.34. The van der Waals surface area contributed by atoms with Crippen LogP contribution in [0.5, 0.6) is 5.75 Å². The number of carbonyl (C=O) groups is 1. The van der Waals surface area contributed by atoms with E-state index in [1.54, 1.807) is 24.1 Å². The predicted molar refractivity (Wildman–Crippen MR) is 85.4 cm³/mol. The van der Waals surface area contributed by atoms with Crippen molar-refractivity contribution in [1.29, 1.82) is 0 Å². The van der Waals surface area contributed by atoms with Crippen LogP contribution < -0.4 is 10.5 Å². The summed E-state index contributed by atoms with van der Waals surface area (Å²) >= 11 is 0. The van der Waals surface area contributed by atoms with E-state index in [1.807, 2.05) is 42.5 Å². The molecule has 0 atom stereocenters. The number of rotatable bonds is 4. The van der Waals surface area contributed by atoms with Crippen LogP contribution in [0.25, 0.3) is 16.8 Å². The maximum absolute atomic E-state index is 11.2. The number of hydrogen-bond donors (Lipinski definition) is 1. The molecule has 110 valence electrons. The minimum atomic E-state index is 0.457. The lowest BCUT2D eigenvalue weighted by Crippen LogP contribution is -2.04. The Morgan fingerprint density at radius 3 is 2.59 bits per heavy atom. The molecule has 0 unspecified atom stereocenters. The highest BCUT2D eigenvalue weighted by Gasteiger charge is 2.15. The van der Waals surface area contributed by atoms with Crippen LogP contribution in [0, 0.1) is 0 Å². The largest absolute Gasteiger partial charge is 0.494 e. The Balaban J connectivity index is 2.15. The third-order valence-electron chi connectivity index (χ3n) is 3.50. The number of methoxy groups -OCH3 is 1. The summed E-state index contributed by atoms with van der Waals surface area (Å²) in [5.41, 5.74) is 9.05. The minimum Gasteiger partial charge on any atom is -0.494 e. The van der Waals surface area contributed by atoms with Gasteiger partial charge in [0.25, 0.3) is 0 Å². The number of nitrogens with zero attached hydrogens (tertiary/aromatic N) is 2. The van der Waals surface area contributed by atoms with Gasteiger partial charge in [0.15, 0.2) is 6.29 Å². The van der Waals surface area contributed by atoms with E-state index in [4.69, 9.17) is 10.5 Å². The highest BCUT2D eigenvalue weighted by atomic mass is 16.5. The van der Waals surface area contributed by atoms with Gasteiger partial charge in [0.05, 0.1) is 13.3 Å². The fourth-order valence-electron chi connectivity index (χ4n) is 2.41. The molecule has 2 aromatic carbocycles. The molecule has 5 nitrogen and oxygen atoms in total. The third-order valence-corrected chi connectivity index (χ3v) is 3.50. The van der Waals surface area contributed by atoms with Crippen LogP contribution in [0.1, 0.15) is 10.4 Å². The monoisotopic (exact) mass is 293 g/mol. The number of anilines is 1. The summed E-state index contributed by atoms with van der Waals surface area (Å²) in [6.07, 6.45) is 2.47. The van der Waals surface area contributed by atoms with Gasteiger partial charge in [-0.25, -0.2) is 4.68 Å². The van der Waals surface area contributed by atoms with E-state index < -0.39 is 0 Å². The fourth-order valence-corrected chi connectivity index (χ4v) is 2.41. The third kappa shape index (κ3) is 2.22. The van der Waals surface area contributed by atoms with Crippen LogP contribution >= 0.6 is 0 Å². The highest BCUT2D eigenvalue weighted by molar-refractivity contribution is 5.90. The second kappa shape index (κ2) is 5.73. The van der Waals surface area contributed by atoms with Gasteiger partial charge >= 0.3 is 0 Å². The number of hydrogen-bond acceptors (Lipinski definition) is 4. The quantitative estimate of drug-likeness (QED) is 0.751. The summed E-state index contributed by atoms with van der Waals surface area (Å²) in [6.45, 7) is 0. The number of nitrogen functional groups attached to an aromatic ring is 1. The maximum atomic E-state index is 11.2. The molecule has 0 radical (unpaired) electrons. The molecule has 1 aromatic heterocycles. The average Bonchev–Trinajstić information content (AvgIpc) is 2.96. The lowest BCUT2D eigenvalue weighted by atomic mass is 10.0. The summed E-state index contributed by atoms with van der Waals surface area (Å²) < 4.78 is 6.95. The van der Waals surface area contributed by atoms with Crippen molar-refractivity contribution in [3.63, 3.8) is 0 Å². The first-order chi connectivity index (χ1) is 10.8. The number of nitrogens with two attached hydrogens (primary N) is 1. The first kappa shape index (κ1) is 13.9. The number of para-hydroxylation sites is 2. The molecule has 0 aliphatic heterocycles. The Morgan fingerprint density at radius 1 is 1.09 bits per heavy atom. The lowest BCUT2D eigenvalue weighted by molar-refractivity contribution is 0.112. The minimum absolute atomic E-state index is 0.457. The molecule has 0 saturated carbocycles. The maximum Gasteiger partial charge on any atom is 0.150 e. The van der Waals surface area contributed by atoms with Gasteiger partial charge in [-0.15, -0.1) is 0 Å². The van der Waals surface area contributed by atoms with Crippen LogP contribution in [0.15, 0.2) is 54.7 Å². The average molecular weight is 293 g/mol. The molecule has 0 aliphatic carbocycles. The van der Waals surface area contributed by atoms with E-state index in [0.717, 1.165) is 17.5 Å². The van der Waals surface area contributed by atoms with Gasteiger partial charge in [0, 0.05) is 11.1 Å². The van der Waals surface area contributed by atoms with Crippen molar-refractivity contribution in [3.8, 4) is 22.6 Å². The second-order valence-corrected chi connectivity index (χ2v) is 4.73. The number of benzene rings is 2. The summed E-state index contributed by atoms with van der Waals surface area (Å²) in [7, 11) is 1.60. The molecule has 0 amide bonds. The predicted octanol–water partition coefficient (Wildman–Crippen LogP) is 2.94. The van der Waals surface area contributed by atoms with Gasteiger partial charge < -0.3 is 10.5 Å². The van der Waals surface area contributed by atoms with E-state index >= 15 is 0 Å². The Hall–Kier alpha value is -3.08. The van der Waals surface area contributed by atoms with Gasteiger partial charge in [-0.2, -0.15) is 5.10 Å². The summed E-state index contributed by atoms with van der Waals surface area (Å²) in [4.78, 5) is 11.2. The zero-order valence-corrected chi connectivity index (χ0v) is 12.1. The topological polar surface area (TPSA) is 70.1 Å². The molecular weight excluding hydrogens is 278 g/mol. The van der Waals surface area contributed by atoms with Gasteiger partial charge in [0.1, 0.15) is 17.3 Å². The van der Waals surface area contributed by atoms with Gasteiger partial charge in [-0.1, -0.05) is 36.4 Å². The zero-order chi connectivity index (χ0) is 15.5. The molecule has 3 rings (SSSR count). The van der Waals surface area contributed by atoms with E-state index in [-0.39, 0.29) is 0 Å². The van der Waals surface area contributed by atoms with Crippen LogP contribution in [0.3, 0.4) is 0 Å². The van der Waals surface area contributed by atoms with Crippen molar-refractivity contribution in [2.24, 2.45) is 0 Å². The van der Waals surface area contributed by atoms with Crippen molar-refractivity contribution in [2.45, 2.75) is 0 Å². The Labute approximate surface area is 127 Å². The van der Waals surface area contributed by atoms with Crippen molar-refractivity contribution in [2.75, 3.05) is 12.8 Å². The highest BCUT2D eigenvalue weighted by Crippen LogP contribution is 2.32. The number of ether oxygens (including phenoxy) is 1. The molecule has 0 fully saturated rings. The summed E-state index contributed by atoms with van der Waals surface area (Å²) in [6, 6.07) is 14.8. The summed E-state index contributed by atoms with van der Waals surface area (Å²) in [5.74, 6) is 1.13. The normalized spacial score (nSPS) is 10.4. The molecule has 0 saturated heterocycles.